The van der Waals surface area contributed by atoms with Crippen LogP contribution in [-0.4, -0.2) is 54.8 Å². The summed E-state index contributed by atoms with van der Waals surface area (Å²) >= 11 is 0. The van der Waals surface area contributed by atoms with Crippen molar-refractivity contribution in [2.75, 3.05) is 31.6 Å². The van der Waals surface area contributed by atoms with Gasteiger partial charge < -0.3 is 19.5 Å². The van der Waals surface area contributed by atoms with Crippen LogP contribution in [0.25, 0.3) is 0 Å². The third-order valence-electron chi connectivity index (χ3n) is 5.89. The standard InChI is InChI=1S/C25H33F3N2O3/c1-19(2)32-22-9-7-21(8-10-22)29(3)14-11-24(31)12-15-30(16-13-24)18-20-5-4-6-23(17-20)33-25(26,27)28/h4-10,17,19,31H,11-16,18H2,1-3H3. The highest BCUT2D eigenvalue weighted by Crippen LogP contribution is 2.29. The van der Waals surface area contributed by atoms with E-state index in [-0.39, 0.29) is 11.9 Å². The van der Waals surface area contributed by atoms with Crippen LogP contribution in [0.3, 0.4) is 0 Å². The van der Waals surface area contributed by atoms with Crippen molar-refractivity contribution < 1.29 is 27.8 Å². The van der Waals surface area contributed by atoms with Gasteiger partial charge >= 0.3 is 6.36 Å². The third-order valence-corrected chi connectivity index (χ3v) is 5.89. The number of piperidine rings is 1. The van der Waals surface area contributed by atoms with Crippen LogP contribution >= 0.6 is 0 Å². The van der Waals surface area contributed by atoms with Crippen molar-refractivity contribution >= 4 is 5.69 Å². The van der Waals surface area contributed by atoms with E-state index in [0.29, 0.717) is 38.9 Å². The van der Waals surface area contributed by atoms with E-state index in [1.54, 1.807) is 12.1 Å². The molecule has 0 atom stereocenters. The van der Waals surface area contributed by atoms with Gasteiger partial charge in [0.1, 0.15) is 11.5 Å². The Hall–Kier alpha value is -2.45. The number of hydrogen-bond acceptors (Lipinski definition) is 5. The molecule has 3 rings (SSSR count). The molecule has 2 aromatic rings. The first-order chi connectivity index (χ1) is 15.5. The normalized spacial score (nSPS) is 16.6. The highest BCUT2D eigenvalue weighted by Gasteiger charge is 2.33. The van der Waals surface area contributed by atoms with Gasteiger partial charge in [-0.25, -0.2) is 0 Å². The quantitative estimate of drug-likeness (QED) is 0.549. The number of alkyl halides is 3. The predicted molar refractivity (Wildman–Crippen MR) is 123 cm³/mol. The number of benzene rings is 2. The lowest BCUT2D eigenvalue weighted by molar-refractivity contribution is -0.274. The number of ether oxygens (including phenoxy) is 2. The fraction of sp³-hybridized carbons (Fsp3) is 0.520. The van der Waals surface area contributed by atoms with E-state index in [0.717, 1.165) is 23.5 Å². The Morgan fingerprint density at radius 2 is 1.73 bits per heavy atom. The van der Waals surface area contributed by atoms with Crippen molar-refractivity contribution in [2.45, 2.75) is 57.7 Å². The summed E-state index contributed by atoms with van der Waals surface area (Å²) in [7, 11) is 2.01. The zero-order chi connectivity index (χ0) is 24.1. The zero-order valence-corrected chi connectivity index (χ0v) is 19.4. The number of hydrogen-bond donors (Lipinski definition) is 1. The summed E-state index contributed by atoms with van der Waals surface area (Å²) in [6, 6.07) is 14.0. The molecular weight excluding hydrogens is 433 g/mol. The number of halogens is 3. The lowest BCUT2D eigenvalue weighted by Crippen LogP contribution is -2.45. The molecule has 0 unspecified atom stereocenters. The Morgan fingerprint density at radius 3 is 2.33 bits per heavy atom. The van der Waals surface area contributed by atoms with Crippen LogP contribution in [0.1, 0.15) is 38.7 Å². The van der Waals surface area contributed by atoms with Crippen LogP contribution in [0.15, 0.2) is 48.5 Å². The van der Waals surface area contributed by atoms with E-state index < -0.39 is 12.0 Å². The van der Waals surface area contributed by atoms with Crippen LogP contribution in [0.5, 0.6) is 11.5 Å². The Balaban J connectivity index is 1.46. The average molecular weight is 467 g/mol. The summed E-state index contributed by atoms with van der Waals surface area (Å²) in [5.74, 6) is 0.629. The monoisotopic (exact) mass is 466 g/mol. The Labute approximate surface area is 193 Å². The van der Waals surface area contributed by atoms with Gasteiger partial charge in [-0.05, 0) is 75.1 Å². The first-order valence-electron chi connectivity index (χ1n) is 11.3. The number of aliphatic hydroxyl groups is 1. The molecule has 0 aromatic heterocycles. The Kier molecular flexibility index (Phi) is 8.13. The molecule has 2 aromatic carbocycles. The van der Waals surface area contributed by atoms with Crippen molar-refractivity contribution in [3.8, 4) is 11.5 Å². The third kappa shape index (κ3) is 8.12. The molecule has 0 aliphatic carbocycles. The second-order valence-electron chi connectivity index (χ2n) is 9.03. The maximum Gasteiger partial charge on any atom is 0.573 e. The van der Waals surface area contributed by atoms with Crippen LogP contribution in [-0.2, 0) is 6.54 Å². The molecule has 0 radical (unpaired) electrons. The lowest BCUT2D eigenvalue weighted by Gasteiger charge is -2.39. The van der Waals surface area contributed by atoms with Gasteiger partial charge in [0.25, 0.3) is 0 Å². The fourth-order valence-electron chi connectivity index (χ4n) is 4.03. The molecule has 5 nitrogen and oxygen atoms in total. The van der Waals surface area contributed by atoms with Gasteiger partial charge in [-0.2, -0.15) is 0 Å². The summed E-state index contributed by atoms with van der Waals surface area (Å²) in [6.07, 6.45) is -2.67. The van der Waals surface area contributed by atoms with Gasteiger partial charge in [-0.15, -0.1) is 13.2 Å². The molecule has 0 saturated carbocycles. The molecule has 0 bridgehead atoms. The minimum Gasteiger partial charge on any atom is -0.491 e. The molecule has 1 fully saturated rings. The van der Waals surface area contributed by atoms with Crippen molar-refractivity contribution in [3.63, 3.8) is 0 Å². The number of nitrogens with zero attached hydrogens (tertiary/aromatic N) is 2. The minimum absolute atomic E-state index is 0.130. The van der Waals surface area contributed by atoms with E-state index in [4.69, 9.17) is 4.74 Å². The smallest absolute Gasteiger partial charge is 0.491 e. The summed E-state index contributed by atoms with van der Waals surface area (Å²) in [6.45, 7) is 6.60. The molecule has 1 heterocycles. The van der Waals surface area contributed by atoms with Gasteiger partial charge in [0, 0.05) is 38.9 Å². The summed E-state index contributed by atoms with van der Waals surface area (Å²) in [4.78, 5) is 4.27. The minimum atomic E-state index is -4.70. The topological polar surface area (TPSA) is 45.2 Å². The van der Waals surface area contributed by atoms with E-state index >= 15 is 0 Å². The van der Waals surface area contributed by atoms with Crippen LogP contribution < -0.4 is 14.4 Å². The molecule has 8 heteroatoms. The van der Waals surface area contributed by atoms with Gasteiger partial charge in [-0.1, -0.05) is 12.1 Å². The number of anilines is 1. The SMILES string of the molecule is CC(C)Oc1ccc(N(C)CCC2(O)CCN(Cc3cccc(OC(F)(F)F)c3)CC2)cc1. The summed E-state index contributed by atoms with van der Waals surface area (Å²) < 4.78 is 47.0. The second kappa shape index (κ2) is 10.7. The van der Waals surface area contributed by atoms with Crippen LogP contribution in [0.4, 0.5) is 18.9 Å². The van der Waals surface area contributed by atoms with Gasteiger partial charge in [0.05, 0.1) is 11.7 Å². The number of likely N-dealkylation sites (tertiary alicyclic amines) is 1. The molecule has 1 saturated heterocycles. The lowest BCUT2D eigenvalue weighted by atomic mass is 9.88. The molecule has 0 amide bonds. The first-order valence-corrected chi connectivity index (χ1v) is 11.3. The molecule has 33 heavy (non-hydrogen) atoms. The van der Waals surface area contributed by atoms with E-state index in [9.17, 15) is 18.3 Å². The fourth-order valence-corrected chi connectivity index (χ4v) is 4.03. The van der Waals surface area contributed by atoms with Gasteiger partial charge in [-0.3, -0.25) is 4.90 Å². The van der Waals surface area contributed by atoms with Crippen molar-refractivity contribution in [1.82, 2.24) is 4.90 Å². The van der Waals surface area contributed by atoms with E-state index in [2.05, 4.69) is 14.5 Å². The largest absolute Gasteiger partial charge is 0.573 e. The van der Waals surface area contributed by atoms with Gasteiger partial charge in [0.2, 0.25) is 0 Å². The molecule has 182 valence electrons. The van der Waals surface area contributed by atoms with E-state index in [1.165, 1.54) is 12.1 Å². The zero-order valence-electron chi connectivity index (χ0n) is 19.4. The predicted octanol–water partition coefficient (Wildman–Crippen LogP) is 5.23. The maximum absolute atomic E-state index is 12.4. The van der Waals surface area contributed by atoms with Crippen molar-refractivity contribution in [1.29, 1.82) is 0 Å². The summed E-state index contributed by atoms with van der Waals surface area (Å²) in [5.41, 5.74) is 1.08. The van der Waals surface area contributed by atoms with Crippen LogP contribution in [0.2, 0.25) is 0 Å². The maximum atomic E-state index is 12.4. The molecule has 1 aliphatic heterocycles. The molecule has 1 N–H and O–H groups in total. The number of rotatable bonds is 9. The first kappa shape index (κ1) is 25.2. The molecule has 0 spiro atoms. The summed E-state index contributed by atoms with van der Waals surface area (Å²) in [5, 5.41) is 11.0. The average Bonchev–Trinajstić information content (AvgIpc) is 2.73. The highest BCUT2D eigenvalue weighted by atomic mass is 19.4. The van der Waals surface area contributed by atoms with E-state index in [1.807, 2.05) is 45.2 Å². The van der Waals surface area contributed by atoms with Crippen molar-refractivity contribution in [2.24, 2.45) is 0 Å². The van der Waals surface area contributed by atoms with Crippen LogP contribution in [0, 0.1) is 0 Å². The molecular formula is C25H33F3N2O3. The second-order valence-corrected chi connectivity index (χ2v) is 9.03. The Bertz CT molecular complexity index is 879. The highest BCUT2D eigenvalue weighted by molar-refractivity contribution is 5.48. The van der Waals surface area contributed by atoms with Crippen molar-refractivity contribution in [3.05, 3.63) is 54.1 Å². The van der Waals surface area contributed by atoms with Gasteiger partial charge in [0.15, 0.2) is 0 Å². The Morgan fingerprint density at radius 1 is 1.06 bits per heavy atom. The molecule has 1 aliphatic rings.